The fraction of sp³-hybridized carbons (Fsp3) is 1.00. The smallest absolute Gasteiger partial charge is 0 e. The van der Waals surface area contributed by atoms with E-state index in [1.807, 2.05) is 0 Å². The van der Waals surface area contributed by atoms with Crippen molar-refractivity contribution in [3.8, 4) is 0 Å². The molecule has 0 radical (unpaired) electrons. The molecule has 0 aromatic heterocycles. The zero-order valence-electron chi connectivity index (χ0n) is 3.11. The normalized spacial score (nSPS) is 1.78. The van der Waals surface area contributed by atoms with Crippen molar-refractivity contribution in [2.24, 2.45) is 0 Å². The van der Waals surface area contributed by atoms with Crippen molar-refractivity contribution in [1.82, 2.24) is 0 Å². The largest absolute Gasteiger partial charge is 0.412 e. The topological polar surface area (TPSA) is 147 Å². The monoisotopic (exact) mass is 150 g/mol. The first-order chi connectivity index (χ1) is 3.00. The molecule has 0 saturated heterocycles. The average molecular weight is 150 g/mol. The molecule has 7 nitrogen and oxygen atoms in total. The van der Waals surface area contributed by atoms with E-state index in [0.717, 1.165) is 0 Å². The fourth-order valence-corrected chi connectivity index (χ4v) is 0. The summed E-state index contributed by atoms with van der Waals surface area (Å²) in [7, 11) is 0. The van der Waals surface area contributed by atoms with Crippen LogP contribution in [0.5, 0.6) is 0 Å². The van der Waals surface area contributed by atoms with Gasteiger partial charge in [0.15, 0.2) is 0 Å². The van der Waals surface area contributed by atoms with Crippen molar-refractivity contribution < 1.29 is 26.5 Å². The van der Waals surface area contributed by atoms with Crippen LogP contribution in [0.2, 0.25) is 0 Å². The molecule has 0 amide bonds. The second kappa shape index (κ2) is 842. The van der Waals surface area contributed by atoms with Gasteiger partial charge in [-0.2, -0.15) is 0 Å². The van der Waals surface area contributed by atoms with Crippen LogP contribution in [0.1, 0.15) is 14.9 Å². The molecule has 0 aromatic carbocycles. The van der Waals surface area contributed by atoms with Crippen molar-refractivity contribution in [3.63, 3.8) is 0 Å². The lowest BCUT2D eigenvalue weighted by atomic mass is 12.0. The molecule has 0 aliphatic heterocycles. The summed E-state index contributed by atoms with van der Waals surface area (Å²) < 4.78 is 0. The molecule has 0 aliphatic rings. The van der Waals surface area contributed by atoms with Crippen molar-refractivity contribution in [1.29, 1.82) is 0 Å². The van der Waals surface area contributed by atoms with Crippen molar-refractivity contribution in [2.45, 2.75) is 14.9 Å². The van der Waals surface area contributed by atoms with Gasteiger partial charge in [0.1, 0.15) is 0 Å². The predicted molar refractivity (Wildman–Crippen MR) is 34.3 cm³/mol. The highest BCUT2D eigenvalue weighted by Gasteiger charge is 0.748. The maximum Gasteiger partial charge on any atom is 0 e. The zero-order valence-corrected chi connectivity index (χ0v) is 3.11. The van der Waals surface area contributed by atoms with E-state index in [4.69, 9.17) is 31.0 Å². The van der Waals surface area contributed by atoms with Gasteiger partial charge >= 0.3 is 0 Å². The SMILES string of the molecule is C.C.O.O=O.OO.OO. The van der Waals surface area contributed by atoms with E-state index in [1.165, 1.54) is 0 Å². The van der Waals surface area contributed by atoms with Gasteiger partial charge in [-0.05, 0) is 0 Å². The Hall–Kier alpha value is -0.600. The summed E-state index contributed by atoms with van der Waals surface area (Å²) in [5.74, 6) is 0. The standard InChI is InChI=1S/2CH4.2H2O2.O2.H2O/c;;3*1-2;/h2*1H4;2*1-2H;;1H2. The predicted octanol–water partition coefficient (Wildman–Crippen LogP) is 0.549. The first-order valence-electron chi connectivity index (χ1n) is 0.567. The van der Waals surface area contributed by atoms with Crippen LogP contribution in [0.3, 0.4) is 0 Å². The van der Waals surface area contributed by atoms with Crippen LogP contribution in [0.4, 0.5) is 0 Å². The Labute approximate surface area is 52.6 Å². The summed E-state index contributed by atoms with van der Waals surface area (Å²) in [5, 5.41) is 24.0. The molecule has 0 aliphatic carbocycles. The quantitative estimate of drug-likeness (QED) is 0.293. The van der Waals surface area contributed by atoms with Gasteiger partial charge in [-0.15, -0.1) is 0 Å². The second-order valence-corrected chi connectivity index (χ2v) is 0. The van der Waals surface area contributed by atoms with Crippen LogP contribution in [-0.4, -0.2) is 26.5 Å². The molecule has 9 heavy (non-hydrogen) atoms. The number of rotatable bonds is 0. The van der Waals surface area contributed by atoms with E-state index < -0.39 is 0 Å². The van der Waals surface area contributed by atoms with E-state index in [-0.39, 0.29) is 20.3 Å². The molecule has 0 spiro atoms. The summed E-state index contributed by atoms with van der Waals surface area (Å²) in [6.45, 7) is 0. The number of hydrogen-bond donors (Lipinski definition) is 4. The highest BCUT2D eigenvalue weighted by Crippen LogP contribution is 0.741. The van der Waals surface area contributed by atoms with Gasteiger partial charge in [-0.1, -0.05) is 14.9 Å². The van der Waals surface area contributed by atoms with Crippen molar-refractivity contribution >= 4 is 0 Å². The van der Waals surface area contributed by atoms with Crippen LogP contribution in [0.15, 0.2) is 0 Å². The lowest BCUT2D eigenvalue weighted by molar-refractivity contribution is -0.176. The van der Waals surface area contributed by atoms with E-state index >= 15 is 0 Å². The van der Waals surface area contributed by atoms with Crippen LogP contribution in [0.25, 0.3) is 0 Å². The van der Waals surface area contributed by atoms with Gasteiger partial charge in [0, 0.05) is 9.93 Å². The van der Waals surface area contributed by atoms with Gasteiger partial charge in [-0.25, -0.2) is 0 Å². The van der Waals surface area contributed by atoms with E-state index in [0.29, 0.717) is 0 Å². The summed E-state index contributed by atoms with van der Waals surface area (Å²) in [6.07, 6.45) is 0. The summed E-state index contributed by atoms with van der Waals surface area (Å²) >= 11 is 0. The Morgan fingerprint density at radius 1 is 0.667 bits per heavy atom. The molecule has 0 fully saturated rings. The van der Waals surface area contributed by atoms with Gasteiger partial charge in [0.2, 0.25) is 0 Å². The van der Waals surface area contributed by atoms with Crippen LogP contribution in [0, 0.1) is 9.93 Å². The van der Waals surface area contributed by atoms with E-state index in [9.17, 15) is 0 Å². The average Bonchev–Trinajstić information content (AvgIpc) is 1.81. The zero-order chi connectivity index (χ0) is 6.00. The third kappa shape index (κ3) is 599. The minimum Gasteiger partial charge on any atom is -0.412 e. The Bertz CT molecular complexity index is 6.88. The lowest BCUT2D eigenvalue weighted by Gasteiger charge is -1.25. The molecule has 7 heteroatoms. The Morgan fingerprint density at radius 3 is 0.667 bits per heavy atom. The second-order valence-electron chi connectivity index (χ2n) is 0. The Morgan fingerprint density at radius 2 is 0.667 bits per heavy atom. The molecule has 64 valence electrons. The molecule has 0 rings (SSSR count). The van der Waals surface area contributed by atoms with Gasteiger partial charge in [-0.3, -0.25) is 21.0 Å². The molecule has 0 aromatic rings. The maximum atomic E-state index is 7.00. The minimum absolute atomic E-state index is 0. The molecular weight excluding hydrogens is 136 g/mol. The number of hydrogen-bond acceptors (Lipinski definition) is 6. The first-order valence-corrected chi connectivity index (χ1v) is 0.567. The third-order valence-electron chi connectivity index (χ3n) is 0. The van der Waals surface area contributed by atoms with Gasteiger partial charge in [0.05, 0.1) is 0 Å². The van der Waals surface area contributed by atoms with Gasteiger partial charge < -0.3 is 5.48 Å². The van der Waals surface area contributed by atoms with Crippen LogP contribution < -0.4 is 0 Å². The highest BCUT2D eigenvalue weighted by atomic mass is 17.0. The molecule has 6 N–H and O–H groups in total. The van der Waals surface area contributed by atoms with E-state index in [2.05, 4.69) is 0 Å². The molecule has 0 atom stereocenters. The van der Waals surface area contributed by atoms with Gasteiger partial charge in [0.25, 0.3) is 0 Å². The summed E-state index contributed by atoms with van der Waals surface area (Å²) in [6, 6.07) is 0. The van der Waals surface area contributed by atoms with E-state index in [1.54, 1.807) is 0 Å². The molecule has 0 saturated carbocycles. The third-order valence-corrected chi connectivity index (χ3v) is 0. The molecule has 0 unspecified atom stereocenters. The fourth-order valence-electron chi connectivity index (χ4n) is 0. The van der Waals surface area contributed by atoms with Crippen LogP contribution in [-0.2, 0) is 0 Å². The molecular formula is C2H14O7. The maximum absolute atomic E-state index is 7.00. The molecule has 0 bridgehead atoms. The highest BCUT2D eigenvalue weighted by molar-refractivity contribution is 4.07. The molecule has 0 heterocycles. The Kier molecular flexibility index (Phi) is 7470. The van der Waals surface area contributed by atoms with Crippen molar-refractivity contribution in [3.05, 3.63) is 9.93 Å². The van der Waals surface area contributed by atoms with Crippen molar-refractivity contribution in [2.75, 3.05) is 0 Å². The lowest BCUT2D eigenvalue weighted by Crippen LogP contribution is -1.29. The Balaban J connectivity index is -0.00000000321. The minimum atomic E-state index is 0. The van der Waals surface area contributed by atoms with Crippen LogP contribution >= 0.6 is 0 Å². The summed E-state index contributed by atoms with van der Waals surface area (Å²) in [5.41, 5.74) is 0. The summed E-state index contributed by atoms with van der Waals surface area (Å²) in [4.78, 5) is 14.0. The first kappa shape index (κ1) is 79.9.